The number of halogens is 10. The molecule has 0 N–H and O–H groups in total. The van der Waals surface area contributed by atoms with E-state index >= 15 is 0 Å². The van der Waals surface area contributed by atoms with Gasteiger partial charge < -0.3 is 4.74 Å². The predicted molar refractivity (Wildman–Crippen MR) is 177 cm³/mol. The highest BCUT2D eigenvalue weighted by Crippen LogP contribution is 2.39. The third kappa shape index (κ3) is 10.7. The summed E-state index contributed by atoms with van der Waals surface area (Å²) in [5.41, 5.74) is -5.99. The van der Waals surface area contributed by atoms with Crippen molar-refractivity contribution in [2.45, 2.75) is 65.1 Å². The molecule has 0 fully saturated rings. The van der Waals surface area contributed by atoms with Crippen molar-refractivity contribution in [3.63, 3.8) is 0 Å². The smallest absolute Gasteiger partial charge is 0.434 e. The van der Waals surface area contributed by atoms with Gasteiger partial charge in [-0.05, 0) is 62.0 Å². The van der Waals surface area contributed by atoms with Crippen LogP contribution in [0.2, 0.25) is 5.02 Å². The van der Waals surface area contributed by atoms with Crippen molar-refractivity contribution < 1.29 is 54.2 Å². The van der Waals surface area contributed by atoms with Crippen molar-refractivity contribution in [3.05, 3.63) is 72.9 Å². The molecule has 0 bridgehead atoms. The zero-order chi connectivity index (χ0) is 39.1. The maximum Gasteiger partial charge on any atom is 0.434 e. The highest BCUT2D eigenvalue weighted by Gasteiger charge is 2.42. The molecule has 3 rings (SSSR count). The molecule has 2 heterocycles. The Kier molecular flexibility index (Phi) is 16.0. The Labute approximate surface area is 304 Å². The Hall–Kier alpha value is -3.16. The molecule has 2 aromatic heterocycles. The molecule has 0 saturated carbocycles. The van der Waals surface area contributed by atoms with Crippen molar-refractivity contribution >= 4 is 62.9 Å². The average Bonchev–Trinajstić information content (AvgIpc) is 3.33. The van der Waals surface area contributed by atoms with E-state index < -0.39 is 74.7 Å². The Balaban J connectivity index is 0.000000354. The van der Waals surface area contributed by atoms with Crippen molar-refractivity contribution in [2.24, 2.45) is 5.92 Å². The van der Waals surface area contributed by atoms with Crippen LogP contribution in [0.25, 0.3) is 5.69 Å². The van der Waals surface area contributed by atoms with E-state index in [4.69, 9.17) is 27.9 Å². The molecule has 1 unspecified atom stereocenters. The van der Waals surface area contributed by atoms with E-state index in [-0.39, 0.29) is 57.6 Å². The van der Waals surface area contributed by atoms with Crippen LogP contribution < -0.4 is 5.69 Å². The molecule has 3 aromatic rings. The molecule has 0 aliphatic carbocycles. The van der Waals surface area contributed by atoms with Crippen molar-refractivity contribution in [3.8, 4) is 5.69 Å². The Bertz CT molecular complexity index is 1820. The largest absolute Gasteiger partial charge is 0.465 e. The minimum Gasteiger partial charge on any atom is -0.465 e. The lowest BCUT2D eigenvalue weighted by molar-refractivity contribution is -0.143. The van der Waals surface area contributed by atoms with E-state index in [1.54, 1.807) is 20.8 Å². The van der Waals surface area contributed by atoms with Crippen LogP contribution in [0.15, 0.2) is 16.9 Å². The van der Waals surface area contributed by atoms with Crippen LogP contribution in [0.5, 0.6) is 0 Å². The molecule has 1 atom stereocenters. The number of hydrogen-bond acceptors (Lipinski definition) is 9. The number of carbonyl (C=O) groups excluding carboxylic acids is 3. The van der Waals surface area contributed by atoms with Crippen LogP contribution in [0.1, 0.15) is 82.8 Å². The normalized spacial score (nSPS) is 12.3. The monoisotopic (exact) mass is 812 g/mol. The van der Waals surface area contributed by atoms with Gasteiger partial charge in [-0.15, -0.1) is 16.7 Å². The zero-order valence-corrected chi connectivity index (χ0v) is 30.7. The summed E-state index contributed by atoms with van der Waals surface area (Å²) in [6.07, 6.45) is -6.12. The van der Waals surface area contributed by atoms with E-state index in [2.05, 4.69) is 10.1 Å². The quantitative estimate of drug-likeness (QED) is 0.107. The molecule has 51 heavy (non-hydrogen) atoms. The molecule has 0 aliphatic heterocycles. The van der Waals surface area contributed by atoms with E-state index in [0.717, 1.165) is 12.1 Å². The second-order valence-electron chi connectivity index (χ2n) is 10.7. The number of rotatable bonds is 11. The fourth-order valence-electron chi connectivity index (χ4n) is 4.55. The van der Waals surface area contributed by atoms with Crippen molar-refractivity contribution in [1.82, 2.24) is 19.3 Å². The van der Waals surface area contributed by atoms with Gasteiger partial charge in [-0.3, -0.25) is 14.4 Å². The molecular weight excluding hydrogens is 783 g/mol. The van der Waals surface area contributed by atoms with Crippen LogP contribution >= 0.6 is 46.7 Å². The number of esters is 1. The minimum atomic E-state index is -5.10. The molecule has 21 heteroatoms. The molecule has 282 valence electrons. The molecule has 0 saturated heterocycles. The fraction of sp³-hybridized carbons (Fsp3) is 0.467. The molecule has 0 aliphatic rings. The number of ether oxygens (including phenoxy) is 1. The summed E-state index contributed by atoms with van der Waals surface area (Å²) in [5, 5.41) is 0.708. The number of aromatic nitrogens is 4. The highest BCUT2D eigenvalue weighted by molar-refractivity contribution is 8.13. The Morgan fingerprint density at radius 1 is 1.00 bits per heavy atom. The summed E-state index contributed by atoms with van der Waals surface area (Å²) >= 11 is 13.0. The van der Waals surface area contributed by atoms with E-state index in [1.807, 2.05) is 0 Å². The van der Waals surface area contributed by atoms with E-state index in [9.17, 15) is 54.3 Å². The van der Waals surface area contributed by atoms with Gasteiger partial charge in [0.05, 0.1) is 17.7 Å². The van der Waals surface area contributed by atoms with Gasteiger partial charge in [0, 0.05) is 11.4 Å². The molecule has 0 radical (unpaired) electrons. The number of pyridine rings is 1. The Morgan fingerprint density at radius 2 is 1.57 bits per heavy atom. The number of alkyl halides is 8. The lowest BCUT2D eigenvalue weighted by Crippen LogP contribution is -2.25. The number of carbonyl (C=O) groups is 3. The standard InChI is InChI=1S/C15H14Cl2F3N3O3.C15H16F5NO2S2/c1-3-26-13(24)10(17)4-8-5-12(11(18)6-9(8)16)23-15(25)22(14(19)20)7(2)21-23;1-6(2)5-7-8(13(22)24-3)10(12(16)17)21-11(15(18,19)20)9(7)14(23)25-4/h5-6,10,14H,3-4H2,1-2H3;6,12H,5H2,1-4H3. The van der Waals surface area contributed by atoms with Gasteiger partial charge >= 0.3 is 24.4 Å². The third-order valence-corrected chi connectivity index (χ3v) is 8.49. The van der Waals surface area contributed by atoms with Crippen LogP contribution in [-0.2, 0) is 28.5 Å². The summed E-state index contributed by atoms with van der Waals surface area (Å²) in [4.78, 5) is 51.0. The first-order valence-corrected chi connectivity index (χ1v) is 17.7. The molecule has 0 spiro atoms. The van der Waals surface area contributed by atoms with Gasteiger partial charge in [0.2, 0.25) is 10.2 Å². The lowest BCUT2D eigenvalue weighted by Gasteiger charge is -2.21. The first kappa shape index (κ1) is 44.0. The molecule has 9 nitrogen and oxygen atoms in total. The summed E-state index contributed by atoms with van der Waals surface area (Å²) in [7, 11) is 0. The van der Waals surface area contributed by atoms with Gasteiger partial charge in [0.25, 0.3) is 6.43 Å². The summed E-state index contributed by atoms with van der Waals surface area (Å²) in [5.74, 6) is -2.19. The van der Waals surface area contributed by atoms with Crippen LogP contribution in [0.3, 0.4) is 0 Å². The molecule has 0 amide bonds. The van der Waals surface area contributed by atoms with E-state index in [0.29, 0.717) is 28.2 Å². The summed E-state index contributed by atoms with van der Waals surface area (Å²) in [6.45, 7) is 3.10. The second kappa shape index (κ2) is 18.6. The molecular formula is C30H30Cl2F8N4O5S2. The predicted octanol–water partition coefficient (Wildman–Crippen LogP) is 8.49. The van der Waals surface area contributed by atoms with Crippen LogP contribution in [0, 0.1) is 18.7 Å². The van der Waals surface area contributed by atoms with Gasteiger partial charge in [0.15, 0.2) is 11.5 Å². The second-order valence-corrected chi connectivity index (χ2v) is 13.2. The van der Waals surface area contributed by atoms with Crippen molar-refractivity contribution in [2.75, 3.05) is 19.1 Å². The number of aryl methyl sites for hydroxylation is 1. The van der Waals surface area contributed by atoms with Gasteiger partial charge in [-0.25, -0.2) is 27.5 Å². The Morgan fingerprint density at radius 3 is 2.02 bits per heavy atom. The van der Waals surface area contributed by atoms with Crippen LogP contribution in [-0.4, -0.2) is 60.0 Å². The third-order valence-electron chi connectivity index (χ3n) is 6.66. The number of hydrogen-bond donors (Lipinski definition) is 0. The number of thioether (sulfide) groups is 2. The van der Waals surface area contributed by atoms with Gasteiger partial charge in [0.1, 0.15) is 22.6 Å². The fourth-order valence-corrected chi connectivity index (χ4v) is 5.86. The van der Waals surface area contributed by atoms with Crippen molar-refractivity contribution in [1.29, 1.82) is 0 Å². The maximum absolute atomic E-state index is 14.2. The average molecular weight is 814 g/mol. The topological polar surface area (TPSA) is 113 Å². The maximum atomic E-state index is 14.2. The minimum absolute atomic E-state index is 0.0424. The zero-order valence-electron chi connectivity index (χ0n) is 27.5. The number of nitrogens with zero attached hydrogens (tertiary/aromatic N) is 4. The summed E-state index contributed by atoms with van der Waals surface area (Å²) < 4.78 is 112. The van der Waals surface area contributed by atoms with E-state index in [1.165, 1.54) is 19.4 Å². The highest BCUT2D eigenvalue weighted by atomic mass is 35.5. The van der Waals surface area contributed by atoms with Crippen LogP contribution in [0.4, 0.5) is 35.1 Å². The van der Waals surface area contributed by atoms with Gasteiger partial charge in [-0.1, -0.05) is 49.0 Å². The SMILES string of the molecule is CCOC(=O)C(Cl)Cc1cc(-n2nc(C)n(C(F)F)c2=O)c(F)cc1Cl.CSC(=O)c1c(C(F)F)nc(C(F)(F)F)c(C(=O)SC)c1CC(C)C. The molecule has 1 aromatic carbocycles. The van der Waals surface area contributed by atoms with Gasteiger partial charge in [-0.2, -0.15) is 26.6 Å². The lowest BCUT2D eigenvalue weighted by atomic mass is 9.92. The number of benzene rings is 1. The first-order chi connectivity index (χ1) is 23.6. The summed E-state index contributed by atoms with van der Waals surface area (Å²) in [6, 6.07) is 2.03. The first-order valence-electron chi connectivity index (χ1n) is 14.5.